The minimum absolute atomic E-state index is 0.176. The van der Waals surface area contributed by atoms with Gasteiger partial charge in [-0.25, -0.2) is 0 Å². The van der Waals surface area contributed by atoms with Gasteiger partial charge in [0.15, 0.2) is 0 Å². The van der Waals surface area contributed by atoms with Crippen LogP contribution in [0.5, 0.6) is 0 Å². The highest BCUT2D eigenvalue weighted by atomic mass is 35.5. The first-order valence-electron chi connectivity index (χ1n) is 6.77. The molecule has 0 spiro atoms. The van der Waals surface area contributed by atoms with E-state index in [-0.39, 0.29) is 5.92 Å². The maximum Gasteiger partial charge on any atom is 0.140 e. The van der Waals surface area contributed by atoms with Crippen LogP contribution in [0.25, 0.3) is 0 Å². The third kappa shape index (κ3) is 3.95. The summed E-state index contributed by atoms with van der Waals surface area (Å²) in [6.07, 6.45) is 4.48. The molecule has 0 radical (unpaired) electrons. The molecule has 4 heteroatoms. The topological polar surface area (TPSA) is 43.1 Å². The van der Waals surface area contributed by atoms with Crippen LogP contribution in [-0.4, -0.2) is 12.3 Å². The van der Waals surface area contributed by atoms with E-state index in [2.05, 4.69) is 0 Å². The second-order valence-electron chi connectivity index (χ2n) is 5.33. The standard InChI is InChI=1S/C15H19Cl2NO/c16-13-6-5-12(14(17)8-13)7-15(19)11-3-1-10(9-18)2-4-11/h5-6,8,10-11H,1-4,7,9,18H2. The van der Waals surface area contributed by atoms with Crippen LogP contribution in [0.1, 0.15) is 31.2 Å². The lowest BCUT2D eigenvalue weighted by atomic mass is 9.79. The molecule has 2 rings (SSSR count). The van der Waals surface area contributed by atoms with Crippen LogP contribution in [0.3, 0.4) is 0 Å². The SMILES string of the molecule is NCC1CCC(C(=O)Cc2ccc(Cl)cc2Cl)CC1. The van der Waals surface area contributed by atoms with Crippen molar-refractivity contribution in [2.45, 2.75) is 32.1 Å². The number of ketones is 1. The third-order valence-electron chi connectivity index (χ3n) is 4.02. The highest BCUT2D eigenvalue weighted by Crippen LogP contribution is 2.30. The van der Waals surface area contributed by atoms with Crippen molar-refractivity contribution in [2.24, 2.45) is 17.6 Å². The Labute approximate surface area is 124 Å². The minimum atomic E-state index is 0.176. The van der Waals surface area contributed by atoms with Crippen LogP contribution in [-0.2, 0) is 11.2 Å². The minimum Gasteiger partial charge on any atom is -0.330 e. The highest BCUT2D eigenvalue weighted by molar-refractivity contribution is 6.35. The number of carbonyl (C=O) groups excluding carboxylic acids is 1. The Morgan fingerprint density at radius 1 is 1.21 bits per heavy atom. The van der Waals surface area contributed by atoms with Crippen molar-refractivity contribution in [3.05, 3.63) is 33.8 Å². The summed E-state index contributed by atoms with van der Waals surface area (Å²) in [4.78, 5) is 12.3. The number of nitrogens with two attached hydrogens (primary N) is 1. The Kier molecular flexibility index (Phi) is 5.26. The van der Waals surface area contributed by atoms with E-state index in [1.54, 1.807) is 12.1 Å². The first kappa shape index (κ1) is 14.8. The number of benzene rings is 1. The predicted molar refractivity (Wildman–Crippen MR) is 79.7 cm³/mol. The third-order valence-corrected chi connectivity index (χ3v) is 4.60. The summed E-state index contributed by atoms with van der Waals surface area (Å²) in [5.41, 5.74) is 6.54. The number of halogens is 2. The molecule has 0 heterocycles. The fraction of sp³-hybridized carbons (Fsp3) is 0.533. The number of carbonyl (C=O) groups is 1. The van der Waals surface area contributed by atoms with E-state index in [0.29, 0.717) is 28.2 Å². The summed E-state index contributed by atoms with van der Waals surface area (Å²) < 4.78 is 0. The van der Waals surface area contributed by atoms with E-state index < -0.39 is 0 Å². The molecular weight excluding hydrogens is 281 g/mol. The molecule has 1 aromatic carbocycles. The normalized spacial score (nSPS) is 23.3. The molecule has 0 saturated heterocycles. The largest absolute Gasteiger partial charge is 0.330 e. The van der Waals surface area contributed by atoms with Crippen LogP contribution in [0.2, 0.25) is 10.0 Å². The van der Waals surface area contributed by atoms with Gasteiger partial charge in [0.05, 0.1) is 0 Å². The first-order valence-corrected chi connectivity index (χ1v) is 7.52. The molecule has 0 atom stereocenters. The van der Waals surface area contributed by atoms with Crippen molar-refractivity contribution in [3.8, 4) is 0 Å². The van der Waals surface area contributed by atoms with Gasteiger partial charge in [-0.15, -0.1) is 0 Å². The Morgan fingerprint density at radius 2 is 1.89 bits per heavy atom. The van der Waals surface area contributed by atoms with Crippen molar-refractivity contribution in [3.63, 3.8) is 0 Å². The van der Waals surface area contributed by atoms with E-state index in [1.165, 1.54) is 0 Å². The molecule has 19 heavy (non-hydrogen) atoms. The Bertz CT molecular complexity index is 453. The number of Topliss-reactive ketones (excluding diaryl/α,β-unsaturated/α-hetero) is 1. The second kappa shape index (κ2) is 6.74. The molecule has 1 fully saturated rings. The van der Waals surface area contributed by atoms with Gasteiger partial charge in [-0.2, -0.15) is 0 Å². The molecular formula is C15H19Cl2NO. The summed E-state index contributed by atoms with van der Waals surface area (Å²) in [6.45, 7) is 0.740. The lowest BCUT2D eigenvalue weighted by molar-refractivity contribution is -0.123. The van der Waals surface area contributed by atoms with Crippen LogP contribution < -0.4 is 5.73 Å². The fourth-order valence-corrected chi connectivity index (χ4v) is 3.19. The van der Waals surface area contributed by atoms with Crippen LogP contribution in [0, 0.1) is 11.8 Å². The molecule has 1 aliphatic rings. The molecule has 1 aliphatic carbocycles. The zero-order valence-electron chi connectivity index (χ0n) is 10.9. The first-order chi connectivity index (χ1) is 9.10. The quantitative estimate of drug-likeness (QED) is 0.917. The number of hydrogen-bond acceptors (Lipinski definition) is 2. The van der Waals surface area contributed by atoms with Crippen molar-refractivity contribution < 1.29 is 4.79 Å². The van der Waals surface area contributed by atoms with Crippen molar-refractivity contribution >= 4 is 29.0 Å². The lowest BCUT2D eigenvalue weighted by Gasteiger charge is -2.26. The van der Waals surface area contributed by atoms with Crippen LogP contribution >= 0.6 is 23.2 Å². The van der Waals surface area contributed by atoms with Crippen LogP contribution in [0.4, 0.5) is 0 Å². The number of rotatable bonds is 4. The second-order valence-corrected chi connectivity index (χ2v) is 6.18. The maximum atomic E-state index is 12.3. The van der Waals surface area contributed by atoms with E-state index >= 15 is 0 Å². The van der Waals surface area contributed by atoms with E-state index in [4.69, 9.17) is 28.9 Å². The fourth-order valence-electron chi connectivity index (χ4n) is 2.72. The van der Waals surface area contributed by atoms with Gasteiger partial charge in [-0.05, 0) is 55.8 Å². The van der Waals surface area contributed by atoms with Crippen molar-refractivity contribution in [1.82, 2.24) is 0 Å². The maximum absolute atomic E-state index is 12.3. The Hall–Kier alpha value is -0.570. The number of hydrogen-bond donors (Lipinski definition) is 1. The molecule has 2 nitrogen and oxygen atoms in total. The smallest absolute Gasteiger partial charge is 0.140 e. The zero-order chi connectivity index (χ0) is 13.8. The monoisotopic (exact) mass is 299 g/mol. The van der Waals surface area contributed by atoms with E-state index in [1.807, 2.05) is 6.07 Å². The van der Waals surface area contributed by atoms with Crippen molar-refractivity contribution in [1.29, 1.82) is 0 Å². The van der Waals surface area contributed by atoms with Gasteiger partial charge >= 0.3 is 0 Å². The van der Waals surface area contributed by atoms with Gasteiger partial charge in [-0.1, -0.05) is 29.3 Å². The average Bonchev–Trinajstić information content (AvgIpc) is 2.42. The average molecular weight is 300 g/mol. The van der Waals surface area contributed by atoms with Gasteiger partial charge in [-0.3, -0.25) is 4.79 Å². The highest BCUT2D eigenvalue weighted by Gasteiger charge is 2.25. The van der Waals surface area contributed by atoms with E-state index in [0.717, 1.165) is 37.8 Å². The molecule has 0 aromatic heterocycles. The molecule has 1 saturated carbocycles. The molecule has 2 N–H and O–H groups in total. The van der Waals surface area contributed by atoms with E-state index in [9.17, 15) is 4.79 Å². The molecule has 0 aliphatic heterocycles. The molecule has 104 valence electrons. The lowest BCUT2D eigenvalue weighted by Crippen LogP contribution is -2.26. The summed E-state index contributed by atoms with van der Waals surface area (Å²) in [7, 11) is 0. The van der Waals surface area contributed by atoms with Gasteiger partial charge in [0.25, 0.3) is 0 Å². The van der Waals surface area contributed by atoms with Gasteiger partial charge < -0.3 is 5.73 Å². The zero-order valence-corrected chi connectivity index (χ0v) is 12.4. The molecule has 1 aromatic rings. The molecule has 0 bridgehead atoms. The summed E-state index contributed by atoms with van der Waals surface area (Å²) in [5, 5.41) is 1.18. The summed E-state index contributed by atoms with van der Waals surface area (Å²) >= 11 is 12.0. The summed E-state index contributed by atoms with van der Waals surface area (Å²) in [5.74, 6) is 1.07. The Morgan fingerprint density at radius 3 is 2.47 bits per heavy atom. The molecule has 0 unspecified atom stereocenters. The van der Waals surface area contributed by atoms with Crippen LogP contribution in [0.15, 0.2) is 18.2 Å². The predicted octanol–water partition coefficient (Wildman–Crippen LogP) is 3.87. The van der Waals surface area contributed by atoms with Gasteiger partial charge in [0.2, 0.25) is 0 Å². The van der Waals surface area contributed by atoms with Crippen molar-refractivity contribution in [2.75, 3.05) is 6.54 Å². The van der Waals surface area contributed by atoms with Gasteiger partial charge in [0, 0.05) is 22.4 Å². The molecule has 0 amide bonds. The Balaban J connectivity index is 1.94. The summed E-state index contributed by atoms with van der Waals surface area (Å²) in [6, 6.07) is 5.31. The van der Waals surface area contributed by atoms with Gasteiger partial charge in [0.1, 0.15) is 5.78 Å².